The normalized spacial score (nSPS) is 36.9. The van der Waals surface area contributed by atoms with Crippen LogP contribution in [-0.2, 0) is 47.5 Å². The quantitative estimate of drug-likeness (QED) is 0.190. The molecule has 4 heterocycles. The fraction of sp³-hybridized carbons (Fsp3) is 0.857. The first kappa shape index (κ1) is 41.3. The predicted octanol–water partition coefficient (Wildman–Crippen LogP) is 2.74. The van der Waals surface area contributed by atoms with Gasteiger partial charge in [0.05, 0.1) is 6.10 Å². The van der Waals surface area contributed by atoms with Gasteiger partial charge in [0.2, 0.25) is 0 Å². The molecule has 282 valence electrons. The second-order valence-corrected chi connectivity index (χ2v) is 13.3. The van der Waals surface area contributed by atoms with E-state index < -0.39 is 85.9 Å². The zero-order valence-corrected chi connectivity index (χ0v) is 29.2. The molecule has 0 aliphatic carbocycles. The van der Waals surface area contributed by atoms with Gasteiger partial charge in [-0.2, -0.15) is 0 Å². The number of fused-ring (bicyclic) bond motifs is 20. The lowest BCUT2D eigenvalue weighted by molar-refractivity contribution is -0.371. The Hall–Kier alpha value is -2.17. The van der Waals surface area contributed by atoms with Crippen LogP contribution in [0.5, 0.6) is 0 Å². The van der Waals surface area contributed by atoms with Gasteiger partial charge in [-0.1, -0.05) is 57.1 Å². The summed E-state index contributed by atoms with van der Waals surface area (Å²) in [5, 5.41) is 44.3. The summed E-state index contributed by atoms with van der Waals surface area (Å²) in [7, 11) is 0. The third kappa shape index (κ3) is 14.2. The molecule has 2 saturated heterocycles. The van der Waals surface area contributed by atoms with Crippen molar-refractivity contribution in [2.24, 2.45) is 0 Å². The Balaban J connectivity index is 1.80. The summed E-state index contributed by atoms with van der Waals surface area (Å²) >= 11 is 0. The Morgan fingerprint density at radius 3 is 1.82 bits per heavy atom. The van der Waals surface area contributed by atoms with E-state index in [4.69, 9.17) is 33.2 Å². The summed E-state index contributed by atoms with van der Waals surface area (Å²) in [5.41, 5.74) is 0. The monoisotopic (exact) mass is 702 g/mol. The number of esters is 3. The molecule has 0 aromatic heterocycles. The first-order chi connectivity index (χ1) is 23.5. The van der Waals surface area contributed by atoms with E-state index in [-0.39, 0.29) is 19.1 Å². The minimum atomic E-state index is -1.79. The average molecular weight is 703 g/mol. The molecule has 49 heavy (non-hydrogen) atoms. The molecular weight excluding hydrogens is 644 g/mol. The van der Waals surface area contributed by atoms with Crippen LogP contribution in [0, 0.1) is 0 Å². The van der Waals surface area contributed by atoms with E-state index in [9.17, 15) is 34.8 Å². The number of aliphatic hydroxyl groups is 4. The van der Waals surface area contributed by atoms with Crippen molar-refractivity contribution in [3.8, 4) is 0 Å². The zero-order chi connectivity index (χ0) is 35.8. The maximum Gasteiger partial charge on any atom is 0.306 e. The molecule has 4 aliphatic heterocycles. The fourth-order valence-corrected chi connectivity index (χ4v) is 6.18. The van der Waals surface area contributed by atoms with Crippen LogP contribution in [-0.4, -0.2) is 119 Å². The van der Waals surface area contributed by atoms with E-state index in [1.54, 1.807) is 0 Å². The molecule has 14 nitrogen and oxygen atoms in total. The number of carbonyl (C=O) groups is 3. The smallest absolute Gasteiger partial charge is 0.306 e. The Morgan fingerprint density at radius 1 is 0.653 bits per heavy atom. The number of aliphatic hydroxyl groups excluding tert-OH is 4. The maximum atomic E-state index is 12.8. The van der Waals surface area contributed by atoms with Gasteiger partial charge >= 0.3 is 17.9 Å². The van der Waals surface area contributed by atoms with Crippen LogP contribution in [0.3, 0.4) is 0 Å². The molecule has 14 heteroatoms. The highest BCUT2D eigenvalue weighted by molar-refractivity contribution is 5.69. The molecule has 4 rings (SSSR count). The summed E-state index contributed by atoms with van der Waals surface area (Å²) in [5.74, 6) is -1.86. The van der Waals surface area contributed by atoms with Crippen molar-refractivity contribution < 1.29 is 68.0 Å². The van der Waals surface area contributed by atoms with Crippen LogP contribution >= 0.6 is 0 Å². The summed E-state index contributed by atoms with van der Waals surface area (Å²) in [6.07, 6.45) is 1.77. The highest BCUT2D eigenvalue weighted by Gasteiger charge is 2.53. The number of hydrogen-bond acceptors (Lipinski definition) is 14. The average Bonchev–Trinajstić information content (AvgIpc) is 3.05. The Morgan fingerprint density at radius 2 is 1.18 bits per heavy atom. The third-order valence-electron chi connectivity index (χ3n) is 9.01. The van der Waals surface area contributed by atoms with E-state index in [1.165, 1.54) is 13.8 Å². The van der Waals surface area contributed by atoms with Crippen molar-refractivity contribution in [3.63, 3.8) is 0 Å². The number of carbonyl (C=O) groups excluding carboxylic acids is 3. The van der Waals surface area contributed by atoms with Crippen molar-refractivity contribution in [2.75, 3.05) is 13.2 Å². The second kappa shape index (κ2) is 21.9. The lowest BCUT2D eigenvalue weighted by Gasteiger charge is -2.47. The number of ether oxygens (including phenoxy) is 7. The minimum Gasteiger partial charge on any atom is -0.463 e. The second-order valence-electron chi connectivity index (χ2n) is 13.3. The van der Waals surface area contributed by atoms with Crippen LogP contribution in [0.25, 0.3) is 0 Å². The van der Waals surface area contributed by atoms with E-state index >= 15 is 0 Å². The summed E-state index contributed by atoms with van der Waals surface area (Å²) in [6, 6.07) is 0. The highest BCUT2D eigenvalue weighted by Crippen LogP contribution is 2.32. The van der Waals surface area contributed by atoms with E-state index in [0.29, 0.717) is 12.8 Å². The molecule has 11 unspecified atom stereocenters. The largest absolute Gasteiger partial charge is 0.463 e. The summed E-state index contributed by atoms with van der Waals surface area (Å²) in [6.45, 7) is 3.43. The lowest BCUT2D eigenvalue weighted by Crippen LogP contribution is -2.65. The zero-order valence-electron chi connectivity index (χ0n) is 29.2. The Bertz CT molecular complexity index is 1020. The topological polar surface area (TPSA) is 197 Å². The van der Waals surface area contributed by atoms with Crippen LogP contribution in [0.4, 0.5) is 0 Å². The number of allylic oxidation sites excluding steroid dienone is 2. The lowest BCUT2D eigenvalue weighted by atomic mass is 9.97. The molecular formula is C35H58O14. The van der Waals surface area contributed by atoms with Gasteiger partial charge in [-0.25, -0.2) is 0 Å². The van der Waals surface area contributed by atoms with E-state index in [0.717, 1.165) is 70.6 Å². The van der Waals surface area contributed by atoms with Crippen molar-refractivity contribution >= 4 is 17.9 Å². The van der Waals surface area contributed by atoms with Crippen LogP contribution in [0.1, 0.15) is 111 Å². The molecule has 4 aliphatic rings. The molecule has 0 aromatic carbocycles. The van der Waals surface area contributed by atoms with Gasteiger partial charge in [-0.15, -0.1) is 0 Å². The Kier molecular flexibility index (Phi) is 18.4. The number of rotatable bonds is 4. The summed E-state index contributed by atoms with van der Waals surface area (Å²) in [4.78, 5) is 35.9. The van der Waals surface area contributed by atoms with Crippen LogP contribution < -0.4 is 0 Å². The first-order valence-corrected chi connectivity index (χ1v) is 17.9. The van der Waals surface area contributed by atoms with Crippen molar-refractivity contribution in [1.29, 1.82) is 0 Å². The SMILES string of the molecule is CC(=O)OCC1OC2OC(C)CCCCCCCC=CCCCCCCCC(=O)OC3C(COC(C)=O)OC(OC2C(O)C1O)C(O)C3O. The molecule has 0 radical (unpaired) electrons. The van der Waals surface area contributed by atoms with E-state index in [2.05, 4.69) is 12.2 Å². The first-order valence-electron chi connectivity index (χ1n) is 17.9. The third-order valence-corrected chi connectivity index (χ3v) is 9.01. The molecule has 4 N–H and O–H groups in total. The predicted molar refractivity (Wildman–Crippen MR) is 174 cm³/mol. The minimum absolute atomic E-state index is 0.0919. The molecule has 2 fully saturated rings. The van der Waals surface area contributed by atoms with Crippen LogP contribution in [0.2, 0.25) is 0 Å². The summed E-state index contributed by atoms with van der Waals surface area (Å²) < 4.78 is 39.7. The van der Waals surface area contributed by atoms with Gasteiger partial charge in [0, 0.05) is 20.3 Å². The fourth-order valence-electron chi connectivity index (χ4n) is 6.18. The van der Waals surface area contributed by atoms with Crippen molar-refractivity contribution in [2.45, 2.75) is 178 Å². The standard InChI is InChI=1S/C35H58O14/c1-22-18-16-14-12-10-8-6-4-5-7-9-11-13-15-17-19-27(38)48-32-26(21-44-24(3)37)47-34(31(42)30(32)41)49-33-29(40)28(39)25(20-43-23(2)36)46-35(33)45-22/h4-5,22,25-26,28-35,39-42H,6-21H2,1-3H3. The molecule has 2 bridgehead atoms. The van der Waals surface area contributed by atoms with Gasteiger partial charge < -0.3 is 53.6 Å². The highest BCUT2D eigenvalue weighted by atomic mass is 16.8. The Labute approximate surface area is 289 Å². The number of hydrogen-bond donors (Lipinski definition) is 4. The molecule has 0 aromatic rings. The van der Waals surface area contributed by atoms with Gasteiger partial charge in [0.15, 0.2) is 18.7 Å². The van der Waals surface area contributed by atoms with Crippen molar-refractivity contribution in [3.05, 3.63) is 12.2 Å². The van der Waals surface area contributed by atoms with E-state index in [1.807, 2.05) is 6.92 Å². The van der Waals surface area contributed by atoms with Gasteiger partial charge in [0.1, 0.15) is 55.9 Å². The maximum absolute atomic E-state index is 12.8. The molecule has 0 spiro atoms. The van der Waals surface area contributed by atoms with Gasteiger partial charge in [-0.3, -0.25) is 14.4 Å². The van der Waals surface area contributed by atoms with Crippen LogP contribution in [0.15, 0.2) is 12.2 Å². The molecule has 0 amide bonds. The van der Waals surface area contributed by atoms with Gasteiger partial charge in [-0.05, 0) is 45.4 Å². The van der Waals surface area contributed by atoms with Crippen molar-refractivity contribution in [1.82, 2.24) is 0 Å². The molecule has 11 atom stereocenters. The molecule has 0 saturated carbocycles. The van der Waals surface area contributed by atoms with Gasteiger partial charge in [0.25, 0.3) is 0 Å².